The lowest BCUT2D eigenvalue weighted by atomic mass is 9.96. The molecule has 0 radical (unpaired) electrons. The van der Waals surface area contributed by atoms with Gasteiger partial charge in [0.2, 0.25) is 0 Å². The molecule has 0 aromatic heterocycles. The third-order valence-corrected chi connectivity index (χ3v) is 2.77. The first-order valence-corrected chi connectivity index (χ1v) is 6.00. The molecule has 0 aliphatic carbocycles. The Bertz CT molecular complexity index is 166. The van der Waals surface area contributed by atoms with Crippen molar-refractivity contribution >= 4 is 5.97 Å². The van der Waals surface area contributed by atoms with Gasteiger partial charge in [-0.1, -0.05) is 45.4 Å². The first-order chi connectivity index (χ1) is 7.09. The van der Waals surface area contributed by atoms with Gasteiger partial charge in [-0.05, 0) is 13.3 Å². The van der Waals surface area contributed by atoms with Crippen LogP contribution in [0, 0.1) is 5.92 Å². The minimum Gasteiger partial charge on any atom is -0.481 e. The first-order valence-electron chi connectivity index (χ1n) is 6.00. The van der Waals surface area contributed by atoms with Gasteiger partial charge in [-0.3, -0.25) is 4.79 Å². The molecule has 0 unspecified atom stereocenters. The normalized spacial score (nSPS) is 14.9. The molecule has 0 aromatic rings. The second-order valence-corrected chi connectivity index (χ2v) is 4.24. The highest BCUT2D eigenvalue weighted by Gasteiger charge is 2.21. The maximum atomic E-state index is 10.7. The van der Waals surface area contributed by atoms with Crippen LogP contribution in [-0.2, 0) is 4.79 Å². The smallest absolute Gasteiger partial charge is 0.309 e. The summed E-state index contributed by atoms with van der Waals surface area (Å²) in [6.07, 6.45) is 6.76. The van der Waals surface area contributed by atoms with E-state index in [4.69, 9.17) is 5.11 Å². The summed E-state index contributed by atoms with van der Waals surface area (Å²) in [7, 11) is 0. The van der Waals surface area contributed by atoms with Crippen molar-refractivity contribution in [2.24, 2.45) is 5.92 Å². The van der Waals surface area contributed by atoms with Gasteiger partial charge in [0.15, 0.2) is 0 Å². The van der Waals surface area contributed by atoms with Gasteiger partial charge in [0.25, 0.3) is 0 Å². The largest absolute Gasteiger partial charge is 0.481 e. The number of carboxylic acids is 1. The van der Waals surface area contributed by atoms with Crippen LogP contribution in [0.1, 0.15) is 58.8 Å². The maximum Gasteiger partial charge on any atom is 0.309 e. The molecular formula is C12H24O3. The molecule has 3 heteroatoms. The number of aliphatic hydroxyl groups is 1. The molecule has 0 spiro atoms. The molecule has 0 saturated heterocycles. The average Bonchev–Trinajstić information content (AvgIpc) is 2.15. The van der Waals surface area contributed by atoms with Crippen LogP contribution >= 0.6 is 0 Å². The summed E-state index contributed by atoms with van der Waals surface area (Å²) in [5, 5.41) is 18.1. The van der Waals surface area contributed by atoms with Crippen LogP contribution < -0.4 is 0 Å². The fraction of sp³-hybridized carbons (Fsp3) is 0.917. The number of aliphatic hydroxyl groups excluding tert-OH is 1. The topological polar surface area (TPSA) is 57.5 Å². The van der Waals surface area contributed by atoms with E-state index >= 15 is 0 Å². The van der Waals surface area contributed by atoms with E-state index in [-0.39, 0.29) is 0 Å². The Kier molecular flexibility index (Phi) is 8.38. The minimum atomic E-state index is -0.876. The van der Waals surface area contributed by atoms with Crippen LogP contribution in [0.4, 0.5) is 0 Å². The first kappa shape index (κ1) is 14.4. The van der Waals surface area contributed by atoms with Crippen molar-refractivity contribution < 1.29 is 15.0 Å². The van der Waals surface area contributed by atoms with Crippen LogP contribution in [0.3, 0.4) is 0 Å². The summed E-state index contributed by atoms with van der Waals surface area (Å²) in [6, 6.07) is 0. The molecule has 2 N–H and O–H groups in total. The van der Waals surface area contributed by atoms with Gasteiger partial charge in [0, 0.05) is 0 Å². The zero-order chi connectivity index (χ0) is 11.7. The van der Waals surface area contributed by atoms with Crippen molar-refractivity contribution in [1.29, 1.82) is 0 Å². The molecule has 0 amide bonds. The number of aliphatic carboxylic acids is 1. The second-order valence-electron chi connectivity index (χ2n) is 4.24. The van der Waals surface area contributed by atoms with Crippen molar-refractivity contribution in [2.75, 3.05) is 0 Å². The van der Waals surface area contributed by atoms with Crippen molar-refractivity contribution in [1.82, 2.24) is 0 Å². The van der Waals surface area contributed by atoms with Gasteiger partial charge in [-0.15, -0.1) is 0 Å². The van der Waals surface area contributed by atoms with Crippen LogP contribution in [-0.4, -0.2) is 22.3 Å². The molecule has 0 heterocycles. The van der Waals surface area contributed by atoms with E-state index < -0.39 is 18.0 Å². The molecule has 0 bridgehead atoms. The highest BCUT2D eigenvalue weighted by molar-refractivity contribution is 5.70. The van der Waals surface area contributed by atoms with Crippen molar-refractivity contribution in [2.45, 2.75) is 64.9 Å². The number of hydrogen-bond donors (Lipinski definition) is 2. The Morgan fingerprint density at radius 1 is 1.13 bits per heavy atom. The SMILES string of the molecule is CCCCCCCC[C@@H](C(=O)O)[C@@H](C)O. The van der Waals surface area contributed by atoms with E-state index in [9.17, 15) is 9.90 Å². The molecular weight excluding hydrogens is 192 g/mol. The van der Waals surface area contributed by atoms with E-state index in [1.807, 2.05) is 0 Å². The summed E-state index contributed by atoms with van der Waals surface area (Å²) in [4.78, 5) is 10.7. The van der Waals surface area contributed by atoms with Crippen molar-refractivity contribution in [3.63, 3.8) is 0 Å². The summed E-state index contributed by atoms with van der Waals surface area (Å²) in [5.74, 6) is -1.46. The van der Waals surface area contributed by atoms with Crippen LogP contribution in [0.25, 0.3) is 0 Å². The molecule has 0 aliphatic rings. The highest BCUT2D eigenvalue weighted by atomic mass is 16.4. The third kappa shape index (κ3) is 7.37. The summed E-state index contributed by atoms with van der Waals surface area (Å²) >= 11 is 0. The zero-order valence-electron chi connectivity index (χ0n) is 9.91. The molecule has 2 atom stereocenters. The number of rotatable bonds is 9. The Morgan fingerprint density at radius 3 is 2.13 bits per heavy atom. The van der Waals surface area contributed by atoms with Crippen molar-refractivity contribution in [3.05, 3.63) is 0 Å². The average molecular weight is 216 g/mol. The molecule has 0 aliphatic heterocycles. The Hall–Kier alpha value is -0.570. The maximum absolute atomic E-state index is 10.7. The highest BCUT2D eigenvalue weighted by Crippen LogP contribution is 2.15. The lowest BCUT2D eigenvalue weighted by molar-refractivity contribution is -0.145. The minimum absolute atomic E-state index is 0.587. The van der Waals surface area contributed by atoms with Gasteiger partial charge < -0.3 is 10.2 Å². The van der Waals surface area contributed by atoms with Gasteiger partial charge in [-0.25, -0.2) is 0 Å². The lowest BCUT2D eigenvalue weighted by Gasteiger charge is -2.14. The Balaban J connectivity index is 3.50. The Labute approximate surface area is 92.5 Å². The monoisotopic (exact) mass is 216 g/mol. The predicted octanol–water partition coefficient (Wildman–Crippen LogP) is 2.82. The quantitative estimate of drug-likeness (QED) is 0.583. The van der Waals surface area contributed by atoms with Crippen molar-refractivity contribution in [3.8, 4) is 0 Å². The fourth-order valence-electron chi connectivity index (χ4n) is 1.72. The molecule has 90 valence electrons. The summed E-state index contributed by atoms with van der Waals surface area (Å²) in [5.41, 5.74) is 0. The second kappa shape index (κ2) is 8.72. The zero-order valence-corrected chi connectivity index (χ0v) is 9.91. The van der Waals surface area contributed by atoms with E-state index in [1.54, 1.807) is 6.92 Å². The van der Waals surface area contributed by atoms with Gasteiger partial charge >= 0.3 is 5.97 Å². The molecule has 15 heavy (non-hydrogen) atoms. The van der Waals surface area contributed by atoms with E-state index in [2.05, 4.69) is 6.92 Å². The molecule has 3 nitrogen and oxygen atoms in total. The Morgan fingerprint density at radius 2 is 1.67 bits per heavy atom. The molecule has 0 fully saturated rings. The lowest BCUT2D eigenvalue weighted by Crippen LogP contribution is -2.25. The van der Waals surface area contributed by atoms with Gasteiger partial charge in [0.05, 0.1) is 12.0 Å². The number of carboxylic acid groups (broad SMARTS) is 1. The summed E-state index contributed by atoms with van der Waals surface area (Å²) < 4.78 is 0. The molecule has 0 saturated carbocycles. The predicted molar refractivity (Wildman–Crippen MR) is 60.8 cm³/mol. The van der Waals surface area contributed by atoms with Gasteiger partial charge in [-0.2, -0.15) is 0 Å². The third-order valence-electron chi connectivity index (χ3n) is 2.77. The fourth-order valence-corrected chi connectivity index (χ4v) is 1.72. The summed E-state index contributed by atoms with van der Waals surface area (Å²) in [6.45, 7) is 3.73. The molecule has 0 aromatic carbocycles. The van der Waals surface area contributed by atoms with Crippen LogP contribution in [0.5, 0.6) is 0 Å². The van der Waals surface area contributed by atoms with E-state index in [0.29, 0.717) is 6.42 Å². The van der Waals surface area contributed by atoms with E-state index in [1.165, 1.54) is 25.7 Å². The van der Waals surface area contributed by atoms with E-state index in [0.717, 1.165) is 12.8 Å². The van der Waals surface area contributed by atoms with Crippen LogP contribution in [0.15, 0.2) is 0 Å². The molecule has 0 rings (SSSR count). The number of hydrogen-bond acceptors (Lipinski definition) is 2. The number of unbranched alkanes of at least 4 members (excludes halogenated alkanes) is 5. The van der Waals surface area contributed by atoms with Crippen LogP contribution in [0.2, 0.25) is 0 Å². The van der Waals surface area contributed by atoms with Gasteiger partial charge in [0.1, 0.15) is 0 Å². The standard InChI is InChI=1S/C12H24O3/c1-3-4-5-6-7-8-9-11(10(2)13)12(14)15/h10-11,13H,3-9H2,1-2H3,(H,14,15)/t10-,11-/m1/s1. The number of carbonyl (C=O) groups is 1.